The number of para-hydroxylation sites is 1. The van der Waals surface area contributed by atoms with Crippen LogP contribution in [0.2, 0.25) is 0 Å². The predicted molar refractivity (Wildman–Crippen MR) is 72.0 cm³/mol. The molecule has 0 aliphatic heterocycles. The van der Waals surface area contributed by atoms with Gasteiger partial charge in [0.15, 0.2) is 12.4 Å². The molecule has 0 amide bonds. The van der Waals surface area contributed by atoms with Crippen molar-refractivity contribution in [2.45, 2.75) is 19.9 Å². The maximum absolute atomic E-state index is 8.55. The van der Waals surface area contributed by atoms with Crippen molar-refractivity contribution in [2.75, 3.05) is 13.2 Å². The van der Waals surface area contributed by atoms with Crippen molar-refractivity contribution in [2.24, 2.45) is 0 Å². The molecule has 0 aliphatic rings. The van der Waals surface area contributed by atoms with Crippen LogP contribution in [0.3, 0.4) is 0 Å². The van der Waals surface area contributed by atoms with Crippen LogP contribution in [0.5, 0.6) is 5.75 Å². The molecule has 6 nitrogen and oxygen atoms in total. The van der Waals surface area contributed by atoms with Crippen LogP contribution in [0.25, 0.3) is 0 Å². The van der Waals surface area contributed by atoms with Gasteiger partial charge in [-0.2, -0.15) is 10.2 Å². The SMILES string of the molecule is Cc1nc(CCNCc2ccccc2OCC#N)no1. The highest BCUT2D eigenvalue weighted by Crippen LogP contribution is 2.17. The number of rotatable bonds is 7. The Kier molecular flexibility index (Phi) is 5.09. The Morgan fingerprint density at radius 3 is 3.00 bits per heavy atom. The fourth-order valence-corrected chi connectivity index (χ4v) is 1.77. The van der Waals surface area contributed by atoms with E-state index in [1.165, 1.54) is 0 Å². The smallest absolute Gasteiger partial charge is 0.223 e. The Labute approximate surface area is 117 Å². The zero-order chi connectivity index (χ0) is 14.2. The van der Waals surface area contributed by atoms with Crippen molar-refractivity contribution in [1.29, 1.82) is 5.26 Å². The van der Waals surface area contributed by atoms with E-state index in [1.54, 1.807) is 6.92 Å². The van der Waals surface area contributed by atoms with E-state index in [0.717, 1.165) is 17.9 Å². The molecule has 1 N–H and O–H groups in total. The van der Waals surface area contributed by atoms with Crippen LogP contribution in [0.15, 0.2) is 28.8 Å². The second kappa shape index (κ2) is 7.26. The van der Waals surface area contributed by atoms with Crippen LogP contribution in [0.1, 0.15) is 17.3 Å². The average Bonchev–Trinajstić information content (AvgIpc) is 2.88. The minimum absolute atomic E-state index is 0.0547. The summed E-state index contributed by atoms with van der Waals surface area (Å²) in [6, 6.07) is 9.62. The lowest BCUT2D eigenvalue weighted by molar-refractivity contribution is 0.362. The van der Waals surface area contributed by atoms with E-state index in [9.17, 15) is 0 Å². The van der Waals surface area contributed by atoms with Gasteiger partial charge in [0.2, 0.25) is 5.89 Å². The summed E-state index contributed by atoms with van der Waals surface area (Å²) in [5.74, 6) is 2.01. The van der Waals surface area contributed by atoms with E-state index in [-0.39, 0.29) is 6.61 Å². The highest BCUT2D eigenvalue weighted by molar-refractivity contribution is 5.33. The zero-order valence-electron chi connectivity index (χ0n) is 11.3. The van der Waals surface area contributed by atoms with Gasteiger partial charge in [-0.15, -0.1) is 0 Å². The molecule has 0 aliphatic carbocycles. The van der Waals surface area contributed by atoms with Crippen LogP contribution < -0.4 is 10.1 Å². The van der Waals surface area contributed by atoms with Crippen LogP contribution in [0, 0.1) is 18.3 Å². The van der Waals surface area contributed by atoms with Gasteiger partial charge in [0, 0.05) is 32.0 Å². The molecule has 1 aromatic carbocycles. The second-order valence-electron chi connectivity index (χ2n) is 4.21. The number of aryl methyl sites for hydroxylation is 1. The number of nitrogens with one attached hydrogen (secondary N) is 1. The van der Waals surface area contributed by atoms with E-state index < -0.39 is 0 Å². The van der Waals surface area contributed by atoms with Crippen LogP contribution in [0.4, 0.5) is 0 Å². The lowest BCUT2D eigenvalue weighted by Gasteiger charge is -2.09. The molecule has 2 rings (SSSR count). The fourth-order valence-electron chi connectivity index (χ4n) is 1.77. The number of nitriles is 1. The molecule has 6 heteroatoms. The molecule has 0 saturated carbocycles. The van der Waals surface area contributed by atoms with Gasteiger partial charge in [-0.3, -0.25) is 0 Å². The maximum atomic E-state index is 8.55. The molecule has 2 aromatic rings. The Morgan fingerprint density at radius 2 is 2.25 bits per heavy atom. The topological polar surface area (TPSA) is 84.0 Å². The Balaban J connectivity index is 1.80. The highest BCUT2D eigenvalue weighted by atomic mass is 16.5. The second-order valence-corrected chi connectivity index (χ2v) is 4.21. The molecule has 0 atom stereocenters. The molecule has 1 heterocycles. The van der Waals surface area contributed by atoms with Gasteiger partial charge >= 0.3 is 0 Å². The van der Waals surface area contributed by atoms with Crippen LogP contribution in [-0.4, -0.2) is 23.3 Å². The molecule has 20 heavy (non-hydrogen) atoms. The molecule has 0 saturated heterocycles. The first-order valence-electron chi connectivity index (χ1n) is 6.37. The quantitative estimate of drug-likeness (QED) is 0.771. The standard InChI is InChI=1S/C14H16N4O2/c1-11-17-14(18-20-11)6-8-16-10-12-4-2-3-5-13(12)19-9-7-15/h2-5,16H,6,8-10H2,1H3. The van der Waals surface area contributed by atoms with E-state index in [4.69, 9.17) is 14.5 Å². The van der Waals surface area contributed by atoms with Gasteiger partial charge in [0.1, 0.15) is 11.8 Å². The third kappa shape index (κ3) is 4.07. The monoisotopic (exact) mass is 272 g/mol. The van der Waals surface area contributed by atoms with Gasteiger partial charge in [-0.25, -0.2) is 0 Å². The summed E-state index contributed by atoms with van der Waals surface area (Å²) < 4.78 is 10.3. The van der Waals surface area contributed by atoms with Gasteiger partial charge < -0.3 is 14.6 Å². The van der Waals surface area contributed by atoms with Crippen molar-refractivity contribution in [3.63, 3.8) is 0 Å². The van der Waals surface area contributed by atoms with Gasteiger partial charge in [-0.1, -0.05) is 23.4 Å². The Morgan fingerprint density at radius 1 is 1.40 bits per heavy atom. The molecule has 0 unspecified atom stereocenters. The normalized spacial score (nSPS) is 10.2. The predicted octanol–water partition coefficient (Wildman–Crippen LogP) is 1.61. The van der Waals surface area contributed by atoms with Crippen LogP contribution >= 0.6 is 0 Å². The number of nitrogens with zero attached hydrogens (tertiary/aromatic N) is 3. The summed E-state index contributed by atoms with van der Waals surface area (Å²) in [5.41, 5.74) is 1.02. The first-order valence-corrected chi connectivity index (χ1v) is 6.37. The maximum Gasteiger partial charge on any atom is 0.223 e. The van der Waals surface area contributed by atoms with Crippen LogP contribution in [-0.2, 0) is 13.0 Å². The summed E-state index contributed by atoms with van der Waals surface area (Å²) in [6.45, 7) is 3.23. The minimum atomic E-state index is 0.0547. The average molecular weight is 272 g/mol. The van der Waals surface area contributed by atoms with E-state index in [2.05, 4.69) is 15.5 Å². The molecule has 0 bridgehead atoms. The number of benzene rings is 1. The van der Waals surface area contributed by atoms with Crippen molar-refractivity contribution >= 4 is 0 Å². The Hall–Kier alpha value is -2.39. The van der Waals surface area contributed by atoms with Crippen molar-refractivity contribution in [3.05, 3.63) is 41.5 Å². The van der Waals surface area contributed by atoms with Crippen molar-refractivity contribution in [1.82, 2.24) is 15.5 Å². The molecule has 0 spiro atoms. The number of hydrogen-bond donors (Lipinski definition) is 1. The summed E-state index contributed by atoms with van der Waals surface area (Å²) in [6.07, 6.45) is 0.707. The summed E-state index contributed by atoms with van der Waals surface area (Å²) in [7, 11) is 0. The van der Waals surface area contributed by atoms with E-state index in [1.807, 2.05) is 30.3 Å². The number of ether oxygens (including phenoxy) is 1. The minimum Gasteiger partial charge on any atom is -0.478 e. The lowest BCUT2D eigenvalue weighted by Crippen LogP contribution is -2.17. The van der Waals surface area contributed by atoms with Gasteiger partial charge in [0.25, 0.3) is 0 Å². The lowest BCUT2D eigenvalue weighted by atomic mass is 10.2. The summed E-state index contributed by atoms with van der Waals surface area (Å²) in [5, 5.41) is 15.7. The first-order chi connectivity index (χ1) is 9.79. The number of hydrogen-bond acceptors (Lipinski definition) is 6. The summed E-state index contributed by atoms with van der Waals surface area (Å²) >= 11 is 0. The molecule has 0 radical (unpaired) electrons. The third-order valence-corrected chi connectivity index (χ3v) is 2.68. The molecular weight excluding hydrogens is 256 g/mol. The molecule has 104 valence electrons. The van der Waals surface area contributed by atoms with Crippen molar-refractivity contribution in [3.8, 4) is 11.8 Å². The molecule has 0 fully saturated rings. The van der Waals surface area contributed by atoms with Gasteiger partial charge in [0.05, 0.1) is 0 Å². The summed E-state index contributed by atoms with van der Waals surface area (Å²) in [4.78, 5) is 4.13. The first kappa shape index (κ1) is 14.0. The molecular formula is C14H16N4O2. The zero-order valence-corrected chi connectivity index (χ0v) is 11.3. The molecule has 1 aromatic heterocycles. The van der Waals surface area contributed by atoms with E-state index in [0.29, 0.717) is 24.7 Å². The number of aromatic nitrogens is 2. The largest absolute Gasteiger partial charge is 0.478 e. The fraction of sp³-hybridized carbons (Fsp3) is 0.357. The third-order valence-electron chi connectivity index (χ3n) is 2.68. The van der Waals surface area contributed by atoms with Crippen molar-refractivity contribution < 1.29 is 9.26 Å². The van der Waals surface area contributed by atoms with E-state index >= 15 is 0 Å². The highest BCUT2D eigenvalue weighted by Gasteiger charge is 2.04. The van der Waals surface area contributed by atoms with Gasteiger partial charge in [-0.05, 0) is 6.07 Å². The Bertz CT molecular complexity index is 589.